The topological polar surface area (TPSA) is 111 Å². The van der Waals surface area contributed by atoms with Crippen molar-refractivity contribution >= 4 is 0 Å². The van der Waals surface area contributed by atoms with Crippen LogP contribution in [-0.2, 0) is 5.66 Å². The van der Waals surface area contributed by atoms with E-state index in [4.69, 9.17) is 16.6 Å². The van der Waals surface area contributed by atoms with Gasteiger partial charge in [-0.25, -0.2) is 15.0 Å². The molecule has 0 radical (unpaired) electrons. The summed E-state index contributed by atoms with van der Waals surface area (Å²) in [7, 11) is 0. The molecule has 2 rings (SSSR count). The molecule has 6 nitrogen and oxygen atoms in total. The van der Waals surface area contributed by atoms with Crippen LogP contribution in [0.15, 0.2) is 36.7 Å². The molecule has 0 spiro atoms. The maximum Gasteiger partial charge on any atom is 0.169 e. The molecule has 0 atom stereocenters. The van der Waals surface area contributed by atoms with E-state index < -0.39 is 12.3 Å². The van der Waals surface area contributed by atoms with Crippen molar-refractivity contribution in [3.8, 4) is 11.4 Å². The average Bonchev–Trinajstić information content (AvgIpc) is 2.40. The number of rotatable bonds is 3. The number of hydrogen-bond donors (Lipinski definition) is 3. The molecule has 0 saturated heterocycles. The second-order valence-electron chi connectivity index (χ2n) is 3.70. The Hall–Kier alpha value is -1.89. The summed E-state index contributed by atoms with van der Waals surface area (Å²) in [5, 5.41) is 9.06. The summed E-state index contributed by atoms with van der Waals surface area (Å²) in [6, 6.07) is 9.39. The first kappa shape index (κ1) is 11.6. The van der Waals surface area contributed by atoms with Crippen molar-refractivity contribution in [2.24, 2.45) is 11.5 Å². The predicted molar refractivity (Wildman–Crippen MR) is 62.4 cm³/mol. The van der Waals surface area contributed by atoms with E-state index in [1.54, 1.807) is 0 Å². The van der Waals surface area contributed by atoms with Crippen LogP contribution < -0.4 is 11.5 Å². The fraction of sp³-hybridized carbons (Fsp3) is 0.182. The minimum Gasteiger partial charge on any atom is -0.393 e. The van der Waals surface area contributed by atoms with Crippen LogP contribution in [0.25, 0.3) is 11.4 Å². The first-order valence-corrected chi connectivity index (χ1v) is 5.07. The van der Waals surface area contributed by atoms with E-state index in [9.17, 15) is 0 Å². The fourth-order valence-electron chi connectivity index (χ4n) is 1.32. The van der Waals surface area contributed by atoms with Gasteiger partial charge in [-0.15, -0.1) is 0 Å². The molecule has 5 N–H and O–H groups in total. The Balaban J connectivity index is 2.42. The second-order valence-corrected chi connectivity index (χ2v) is 3.70. The molecule has 2 aromatic rings. The fourth-order valence-corrected chi connectivity index (χ4v) is 1.32. The zero-order chi connectivity index (χ0) is 12.3. The summed E-state index contributed by atoms with van der Waals surface area (Å²) in [6.07, 6.45) is 1.33. The van der Waals surface area contributed by atoms with Crippen LogP contribution in [0.2, 0.25) is 0 Å². The Bertz CT molecular complexity index is 500. The van der Waals surface area contributed by atoms with Crippen molar-refractivity contribution in [3.05, 3.63) is 42.5 Å². The molecule has 1 aromatic carbocycles. The summed E-state index contributed by atoms with van der Waals surface area (Å²) >= 11 is 0. The van der Waals surface area contributed by atoms with Gasteiger partial charge in [0.15, 0.2) is 11.6 Å². The van der Waals surface area contributed by atoms with Gasteiger partial charge in [0.1, 0.15) is 12.0 Å². The first-order chi connectivity index (χ1) is 8.13. The van der Waals surface area contributed by atoms with Crippen molar-refractivity contribution in [2.45, 2.75) is 5.66 Å². The maximum absolute atomic E-state index is 9.06. The lowest BCUT2D eigenvalue weighted by molar-refractivity contribution is 0.193. The molecule has 0 aliphatic carbocycles. The Morgan fingerprint density at radius 1 is 1.12 bits per heavy atom. The van der Waals surface area contributed by atoms with Crippen molar-refractivity contribution in [3.63, 3.8) is 0 Å². The van der Waals surface area contributed by atoms with Crippen LogP contribution in [0.3, 0.4) is 0 Å². The first-order valence-electron chi connectivity index (χ1n) is 5.07. The number of nitrogens with two attached hydrogens (primary N) is 2. The minimum absolute atomic E-state index is 0.161. The highest BCUT2D eigenvalue weighted by molar-refractivity contribution is 5.53. The van der Waals surface area contributed by atoms with Gasteiger partial charge < -0.3 is 16.6 Å². The number of hydrogen-bond acceptors (Lipinski definition) is 6. The summed E-state index contributed by atoms with van der Waals surface area (Å²) in [5.74, 6) is 0.637. The summed E-state index contributed by atoms with van der Waals surface area (Å²) in [4.78, 5) is 12.1. The Morgan fingerprint density at radius 2 is 1.82 bits per heavy atom. The smallest absolute Gasteiger partial charge is 0.169 e. The number of benzene rings is 1. The summed E-state index contributed by atoms with van der Waals surface area (Å²) in [6.45, 7) is -0.439. The van der Waals surface area contributed by atoms with Crippen LogP contribution in [0.1, 0.15) is 5.82 Å². The third-order valence-electron chi connectivity index (χ3n) is 2.28. The van der Waals surface area contributed by atoms with E-state index in [1.165, 1.54) is 6.33 Å². The van der Waals surface area contributed by atoms with E-state index in [-0.39, 0.29) is 5.82 Å². The van der Waals surface area contributed by atoms with Gasteiger partial charge in [0.05, 0.1) is 6.61 Å². The number of aliphatic hydroxyl groups is 1. The highest BCUT2D eigenvalue weighted by Crippen LogP contribution is 2.14. The molecule has 1 aromatic heterocycles. The molecular formula is C11H13N5O. The number of aromatic nitrogens is 3. The molecular weight excluding hydrogens is 218 g/mol. The molecule has 0 fully saturated rings. The number of aliphatic hydroxyl groups excluding tert-OH is 1. The second kappa shape index (κ2) is 4.54. The van der Waals surface area contributed by atoms with Gasteiger partial charge in [-0.2, -0.15) is 0 Å². The lowest BCUT2D eigenvalue weighted by atomic mass is 10.2. The zero-order valence-corrected chi connectivity index (χ0v) is 9.11. The monoisotopic (exact) mass is 231 g/mol. The highest BCUT2D eigenvalue weighted by atomic mass is 16.3. The van der Waals surface area contributed by atoms with Gasteiger partial charge in [-0.1, -0.05) is 30.3 Å². The van der Waals surface area contributed by atoms with E-state index in [1.807, 2.05) is 30.3 Å². The lowest BCUT2D eigenvalue weighted by Crippen LogP contribution is -2.50. The van der Waals surface area contributed by atoms with E-state index in [0.29, 0.717) is 5.82 Å². The van der Waals surface area contributed by atoms with E-state index in [2.05, 4.69) is 15.0 Å². The SMILES string of the molecule is NC(N)(CO)c1ncnc(-c2ccccc2)n1. The van der Waals surface area contributed by atoms with E-state index in [0.717, 1.165) is 5.56 Å². The Morgan fingerprint density at radius 3 is 2.47 bits per heavy atom. The molecule has 17 heavy (non-hydrogen) atoms. The molecule has 1 heterocycles. The minimum atomic E-state index is -1.45. The van der Waals surface area contributed by atoms with Crippen LogP contribution in [0.4, 0.5) is 0 Å². The maximum atomic E-state index is 9.06. The predicted octanol–water partition coefficient (Wildman–Crippen LogP) is -0.399. The van der Waals surface area contributed by atoms with Gasteiger partial charge in [-0.05, 0) is 0 Å². The van der Waals surface area contributed by atoms with Gasteiger partial charge in [-0.3, -0.25) is 0 Å². The lowest BCUT2D eigenvalue weighted by Gasteiger charge is -2.19. The molecule has 0 unspecified atom stereocenters. The van der Waals surface area contributed by atoms with E-state index >= 15 is 0 Å². The van der Waals surface area contributed by atoms with Crippen LogP contribution in [-0.4, -0.2) is 26.7 Å². The number of nitrogens with zero attached hydrogens (tertiary/aromatic N) is 3. The highest BCUT2D eigenvalue weighted by Gasteiger charge is 2.24. The summed E-state index contributed by atoms with van der Waals surface area (Å²) in [5.41, 5.74) is 10.7. The Labute approximate surface area is 98.4 Å². The van der Waals surface area contributed by atoms with Crippen molar-refractivity contribution in [2.75, 3.05) is 6.61 Å². The third-order valence-corrected chi connectivity index (χ3v) is 2.28. The summed E-state index contributed by atoms with van der Waals surface area (Å²) < 4.78 is 0. The van der Waals surface area contributed by atoms with Gasteiger partial charge in [0, 0.05) is 5.56 Å². The molecule has 0 aliphatic heterocycles. The zero-order valence-electron chi connectivity index (χ0n) is 9.11. The van der Waals surface area contributed by atoms with Gasteiger partial charge >= 0.3 is 0 Å². The van der Waals surface area contributed by atoms with Crippen LogP contribution in [0.5, 0.6) is 0 Å². The molecule has 0 saturated carbocycles. The Kier molecular flexibility index (Phi) is 3.10. The van der Waals surface area contributed by atoms with Crippen molar-refractivity contribution in [1.29, 1.82) is 0 Å². The van der Waals surface area contributed by atoms with Gasteiger partial charge in [0.2, 0.25) is 0 Å². The molecule has 6 heteroatoms. The standard InChI is InChI=1S/C11H13N5O/c12-11(13,6-17)10-15-7-14-9(16-10)8-4-2-1-3-5-8/h1-5,7,17H,6,12-13H2. The largest absolute Gasteiger partial charge is 0.393 e. The molecule has 0 bridgehead atoms. The normalized spacial score (nSPS) is 11.5. The molecule has 88 valence electrons. The molecule has 0 aliphatic rings. The third kappa shape index (κ3) is 2.44. The average molecular weight is 231 g/mol. The quantitative estimate of drug-likeness (QED) is 0.620. The van der Waals surface area contributed by atoms with Crippen molar-refractivity contribution in [1.82, 2.24) is 15.0 Å². The molecule has 0 amide bonds. The van der Waals surface area contributed by atoms with Crippen LogP contribution >= 0.6 is 0 Å². The van der Waals surface area contributed by atoms with Crippen molar-refractivity contribution < 1.29 is 5.11 Å². The van der Waals surface area contributed by atoms with Crippen LogP contribution in [0, 0.1) is 0 Å². The van der Waals surface area contributed by atoms with Gasteiger partial charge in [0.25, 0.3) is 0 Å².